The molecule has 31 heavy (non-hydrogen) atoms. The lowest BCUT2D eigenvalue weighted by Gasteiger charge is -2.43. The Kier molecular flexibility index (Phi) is 6.77. The Morgan fingerprint density at radius 2 is 1.65 bits per heavy atom. The maximum absolute atomic E-state index is 13.1. The van der Waals surface area contributed by atoms with Crippen molar-refractivity contribution in [3.8, 4) is 0 Å². The van der Waals surface area contributed by atoms with Crippen molar-refractivity contribution in [2.45, 2.75) is 51.6 Å². The number of hydrogen-bond donors (Lipinski definition) is 0. The van der Waals surface area contributed by atoms with Gasteiger partial charge in [-0.25, -0.2) is 0 Å². The van der Waals surface area contributed by atoms with Crippen LogP contribution in [0.15, 0.2) is 18.2 Å². The molecule has 170 valence electrons. The number of nitro benzene ring substituents is 1. The zero-order valence-electron chi connectivity index (χ0n) is 18.8. The molecule has 0 unspecified atom stereocenters. The Labute approximate surface area is 184 Å². The largest absolute Gasteiger partial charge is 0.366 e. The van der Waals surface area contributed by atoms with E-state index in [2.05, 4.69) is 28.5 Å². The van der Waals surface area contributed by atoms with Crippen molar-refractivity contribution in [2.24, 2.45) is 0 Å². The highest BCUT2D eigenvalue weighted by molar-refractivity contribution is 5.96. The molecule has 1 aromatic rings. The first-order valence-electron chi connectivity index (χ1n) is 11.7. The molecular formula is C23H35N5O3. The Morgan fingerprint density at radius 1 is 1.00 bits per heavy atom. The highest BCUT2D eigenvalue weighted by Crippen LogP contribution is 2.32. The van der Waals surface area contributed by atoms with Crippen molar-refractivity contribution >= 4 is 17.3 Å². The topological polar surface area (TPSA) is 73.2 Å². The summed E-state index contributed by atoms with van der Waals surface area (Å²) in [4.78, 5) is 33.3. The number of carbonyl (C=O) groups is 1. The summed E-state index contributed by atoms with van der Waals surface area (Å²) in [5, 5.41) is 11.7. The summed E-state index contributed by atoms with van der Waals surface area (Å²) in [5.74, 6) is -0.0923. The highest BCUT2D eigenvalue weighted by atomic mass is 16.6. The summed E-state index contributed by atoms with van der Waals surface area (Å²) < 4.78 is 0. The van der Waals surface area contributed by atoms with Crippen LogP contribution in [0.4, 0.5) is 11.4 Å². The van der Waals surface area contributed by atoms with Crippen molar-refractivity contribution < 1.29 is 9.72 Å². The molecule has 0 aromatic heterocycles. The van der Waals surface area contributed by atoms with Gasteiger partial charge in [0.2, 0.25) is 0 Å². The standard InChI is InChI=1S/C23H35N5O3/c1-18(2)24-11-7-20(8-12-24)25-13-15-27(16-14-25)23(29)19-5-6-21(22(17-19)28(30)31)26-9-3-4-10-26/h5-6,17-18,20H,3-4,7-16H2,1-2H3. The molecule has 1 aromatic carbocycles. The van der Waals surface area contributed by atoms with Crippen molar-refractivity contribution in [3.63, 3.8) is 0 Å². The van der Waals surface area contributed by atoms with Crippen LogP contribution in [-0.2, 0) is 0 Å². The van der Waals surface area contributed by atoms with Gasteiger partial charge in [0, 0.05) is 63.0 Å². The molecule has 8 heteroatoms. The van der Waals surface area contributed by atoms with E-state index in [4.69, 9.17) is 0 Å². The first-order valence-corrected chi connectivity index (χ1v) is 11.7. The van der Waals surface area contributed by atoms with Crippen molar-refractivity contribution in [2.75, 3.05) is 57.3 Å². The lowest BCUT2D eigenvalue weighted by Crippen LogP contribution is -2.54. The van der Waals surface area contributed by atoms with Gasteiger partial charge in [-0.15, -0.1) is 0 Å². The Morgan fingerprint density at radius 3 is 2.23 bits per heavy atom. The Balaban J connectivity index is 1.36. The van der Waals surface area contributed by atoms with Crippen LogP contribution in [0.1, 0.15) is 49.9 Å². The number of anilines is 1. The van der Waals surface area contributed by atoms with Crippen LogP contribution in [0.25, 0.3) is 0 Å². The maximum atomic E-state index is 13.1. The number of piperazine rings is 1. The van der Waals surface area contributed by atoms with Crippen LogP contribution in [0.5, 0.6) is 0 Å². The van der Waals surface area contributed by atoms with Crippen LogP contribution in [-0.4, -0.2) is 90.0 Å². The Bertz CT molecular complexity index is 792. The van der Waals surface area contributed by atoms with Gasteiger partial charge in [0.1, 0.15) is 5.69 Å². The second-order valence-corrected chi connectivity index (χ2v) is 9.34. The first-order chi connectivity index (χ1) is 14.9. The maximum Gasteiger partial charge on any atom is 0.293 e. The van der Waals surface area contributed by atoms with Gasteiger partial charge in [-0.3, -0.25) is 19.8 Å². The van der Waals surface area contributed by atoms with Crippen LogP contribution in [0.2, 0.25) is 0 Å². The average Bonchev–Trinajstić information content (AvgIpc) is 3.33. The number of piperidine rings is 1. The van der Waals surface area contributed by atoms with Crippen LogP contribution in [0, 0.1) is 10.1 Å². The number of carbonyl (C=O) groups excluding carboxylic acids is 1. The summed E-state index contributed by atoms with van der Waals surface area (Å²) in [6.45, 7) is 11.6. The predicted octanol–water partition coefficient (Wildman–Crippen LogP) is 2.83. The third kappa shape index (κ3) is 4.85. The second kappa shape index (κ2) is 9.53. The van der Waals surface area contributed by atoms with Crippen LogP contribution < -0.4 is 4.90 Å². The number of likely N-dealkylation sites (tertiary alicyclic amines) is 1. The molecule has 0 atom stereocenters. The fourth-order valence-corrected chi connectivity index (χ4v) is 5.27. The number of rotatable bonds is 5. The van der Waals surface area contributed by atoms with E-state index in [-0.39, 0.29) is 16.5 Å². The molecule has 0 spiro atoms. The van der Waals surface area contributed by atoms with Crippen LogP contribution >= 0.6 is 0 Å². The smallest absolute Gasteiger partial charge is 0.293 e. The molecule has 0 bridgehead atoms. The molecule has 0 radical (unpaired) electrons. The van der Waals surface area contributed by atoms with E-state index in [1.54, 1.807) is 12.1 Å². The number of nitro groups is 1. The van der Waals surface area contributed by atoms with Gasteiger partial charge < -0.3 is 14.7 Å². The first kappa shape index (κ1) is 22.0. The van der Waals surface area contributed by atoms with E-state index in [0.29, 0.717) is 36.4 Å². The van der Waals surface area contributed by atoms with E-state index in [1.807, 2.05) is 4.90 Å². The monoisotopic (exact) mass is 429 g/mol. The lowest BCUT2D eigenvalue weighted by molar-refractivity contribution is -0.384. The number of hydrogen-bond acceptors (Lipinski definition) is 6. The molecule has 4 rings (SSSR count). The normalized spacial score (nSPS) is 21.8. The fourth-order valence-electron chi connectivity index (χ4n) is 5.27. The average molecular weight is 430 g/mol. The summed E-state index contributed by atoms with van der Waals surface area (Å²) in [6.07, 6.45) is 4.49. The summed E-state index contributed by atoms with van der Waals surface area (Å²) in [6, 6.07) is 6.21. The van der Waals surface area contributed by atoms with Gasteiger partial charge in [-0.1, -0.05) is 0 Å². The summed E-state index contributed by atoms with van der Waals surface area (Å²) in [7, 11) is 0. The quantitative estimate of drug-likeness (QED) is 0.529. The minimum atomic E-state index is -0.355. The molecule has 0 saturated carbocycles. The van der Waals surface area contributed by atoms with Gasteiger partial charge in [-0.2, -0.15) is 0 Å². The molecule has 0 aliphatic carbocycles. The third-order valence-corrected chi connectivity index (χ3v) is 7.21. The minimum absolute atomic E-state index is 0.0447. The molecule has 3 fully saturated rings. The number of nitrogens with zero attached hydrogens (tertiary/aromatic N) is 5. The third-order valence-electron chi connectivity index (χ3n) is 7.21. The van der Waals surface area contributed by atoms with E-state index in [1.165, 1.54) is 18.9 Å². The molecule has 8 nitrogen and oxygen atoms in total. The molecule has 3 heterocycles. The van der Waals surface area contributed by atoms with Gasteiger partial charge in [0.15, 0.2) is 0 Å². The van der Waals surface area contributed by atoms with Crippen molar-refractivity contribution in [3.05, 3.63) is 33.9 Å². The Hall–Kier alpha value is -2.19. The van der Waals surface area contributed by atoms with E-state index in [9.17, 15) is 14.9 Å². The molecule has 3 aliphatic rings. The number of amides is 1. The lowest BCUT2D eigenvalue weighted by atomic mass is 10.0. The molecule has 1 amide bonds. The molecule has 3 saturated heterocycles. The van der Waals surface area contributed by atoms with E-state index >= 15 is 0 Å². The summed E-state index contributed by atoms with van der Waals surface area (Å²) in [5.41, 5.74) is 1.10. The zero-order chi connectivity index (χ0) is 22.0. The van der Waals surface area contributed by atoms with Crippen LogP contribution in [0.3, 0.4) is 0 Å². The van der Waals surface area contributed by atoms with E-state index in [0.717, 1.165) is 52.1 Å². The van der Waals surface area contributed by atoms with Gasteiger partial charge in [-0.05, 0) is 64.8 Å². The van der Waals surface area contributed by atoms with Gasteiger partial charge >= 0.3 is 0 Å². The SMILES string of the molecule is CC(C)N1CCC(N2CCN(C(=O)c3ccc(N4CCCC4)c([N+](=O)[O-])c3)CC2)CC1. The molecular weight excluding hydrogens is 394 g/mol. The van der Waals surface area contributed by atoms with Crippen molar-refractivity contribution in [1.82, 2.24) is 14.7 Å². The molecule has 3 aliphatic heterocycles. The zero-order valence-corrected chi connectivity index (χ0v) is 18.8. The van der Waals surface area contributed by atoms with Gasteiger partial charge in [0.25, 0.3) is 11.6 Å². The second-order valence-electron chi connectivity index (χ2n) is 9.34. The fraction of sp³-hybridized carbons (Fsp3) is 0.696. The summed E-state index contributed by atoms with van der Waals surface area (Å²) >= 11 is 0. The van der Waals surface area contributed by atoms with Crippen molar-refractivity contribution in [1.29, 1.82) is 0 Å². The molecule has 0 N–H and O–H groups in total. The van der Waals surface area contributed by atoms with E-state index < -0.39 is 0 Å². The highest BCUT2D eigenvalue weighted by Gasteiger charge is 2.31. The van der Waals surface area contributed by atoms with Gasteiger partial charge in [0.05, 0.1) is 4.92 Å². The predicted molar refractivity (Wildman–Crippen MR) is 122 cm³/mol. The minimum Gasteiger partial charge on any atom is -0.366 e. The number of benzene rings is 1.